The van der Waals surface area contributed by atoms with Crippen LogP contribution >= 0.6 is 0 Å². The maximum absolute atomic E-state index is 5.62. The summed E-state index contributed by atoms with van der Waals surface area (Å²) in [6, 6.07) is 10.6. The fraction of sp³-hybridized carbons (Fsp3) is 0.438. The molecule has 0 aliphatic carbocycles. The van der Waals surface area contributed by atoms with Gasteiger partial charge in [-0.15, -0.1) is 0 Å². The summed E-state index contributed by atoms with van der Waals surface area (Å²) < 4.78 is 5.42. The van der Waals surface area contributed by atoms with Crippen molar-refractivity contribution in [2.45, 2.75) is 25.8 Å². The molecular formula is C16H21N3O. The van der Waals surface area contributed by atoms with Crippen LogP contribution in [0.1, 0.15) is 22.6 Å². The quantitative estimate of drug-likeness (QED) is 0.921. The molecule has 4 nitrogen and oxygen atoms in total. The maximum atomic E-state index is 5.62. The third kappa shape index (κ3) is 2.92. The molecule has 1 aromatic heterocycles. The summed E-state index contributed by atoms with van der Waals surface area (Å²) in [6.45, 7) is 3.72. The lowest BCUT2D eigenvalue weighted by molar-refractivity contribution is 0.273. The standard InChI is InChI=1S/C16H21N3O/c17-9-6-16-14-7-10-19(11-8-15(14)18-20-16)12-13-4-2-1-3-5-13/h1-5H,6-12,17H2. The topological polar surface area (TPSA) is 55.3 Å². The first kappa shape index (κ1) is 13.3. The van der Waals surface area contributed by atoms with E-state index >= 15 is 0 Å². The van der Waals surface area contributed by atoms with Gasteiger partial charge in [-0.25, -0.2) is 0 Å². The van der Waals surface area contributed by atoms with E-state index in [1.54, 1.807) is 0 Å². The zero-order valence-electron chi connectivity index (χ0n) is 11.7. The molecular weight excluding hydrogens is 250 g/mol. The third-order valence-corrected chi connectivity index (χ3v) is 3.91. The normalized spacial score (nSPS) is 15.8. The van der Waals surface area contributed by atoms with Crippen molar-refractivity contribution in [3.05, 3.63) is 52.9 Å². The first-order valence-electron chi connectivity index (χ1n) is 7.29. The number of fused-ring (bicyclic) bond motifs is 1. The van der Waals surface area contributed by atoms with E-state index in [9.17, 15) is 0 Å². The molecule has 0 atom stereocenters. The van der Waals surface area contributed by atoms with Crippen LogP contribution < -0.4 is 5.73 Å². The van der Waals surface area contributed by atoms with Crippen LogP contribution in [-0.2, 0) is 25.8 Å². The van der Waals surface area contributed by atoms with E-state index in [0.717, 1.165) is 50.4 Å². The number of nitrogens with two attached hydrogens (primary N) is 1. The van der Waals surface area contributed by atoms with Gasteiger partial charge in [0.25, 0.3) is 0 Å². The summed E-state index contributed by atoms with van der Waals surface area (Å²) in [4.78, 5) is 2.49. The molecule has 2 N–H and O–H groups in total. The van der Waals surface area contributed by atoms with E-state index in [0.29, 0.717) is 6.54 Å². The SMILES string of the molecule is NCCc1onc2c1CCN(Cc1ccccc1)CC2. The van der Waals surface area contributed by atoms with Gasteiger partial charge in [-0.2, -0.15) is 0 Å². The van der Waals surface area contributed by atoms with E-state index < -0.39 is 0 Å². The van der Waals surface area contributed by atoms with E-state index in [1.165, 1.54) is 11.1 Å². The van der Waals surface area contributed by atoms with Gasteiger partial charge in [0.1, 0.15) is 5.76 Å². The fourth-order valence-corrected chi connectivity index (χ4v) is 2.83. The molecule has 1 aliphatic heterocycles. The minimum atomic E-state index is 0.620. The highest BCUT2D eigenvalue weighted by atomic mass is 16.5. The average Bonchev–Trinajstić information content (AvgIpc) is 2.74. The average molecular weight is 271 g/mol. The zero-order valence-corrected chi connectivity index (χ0v) is 11.7. The van der Waals surface area contributed by atoms with Crippen molar-refractivity contribution in [2.75, 3.05) is 19.6 Å². The number of benzene rings is 1. The second kappa shape index (κ2) is 6.20. The molecule has 0 bridgehead atoms. The molecule has 2 aromatic rings. The molecule has 4 heteroatoms. The molecule has 0 unspecified atom stereocenters. The van der Waals surface area contributed by atoms with E-state index in [2.05, 4.69) is 40.4 Å². The largest absolute Gasteiger partial charge is 0.361 e. The van der Waals surface area contributed by atoms with Crippen molar-refractivity contribution in [2.24, 2.45) is 5.73 Å². The Balaban J connectivity index is 1.67. The van der Waals surface area contributed by atoms with Gasteiger partial charge in [0.15, 0.2) is 0 Å². The molecule has 0 spiro atoms. The lowest BCUT2D eigenvalue weighted by Gasteiger charge is -2.19. The van der Waals surface area contributed by atoms with Crippen LogP contribution in [0.5, 0.6) is 0 Å². The minimum absolute atomic E-state index is 0.620. The Morgan fingerprint density at radius 1 is 1.15 bits per heavy atom. The molecule has 3 rings (SSSR count). The summed E-state index contributed by atoms with van der Waals surface area (Å²) in [5.41, 5.74) is 9.42. The molecule has 2 heterocycles. The lowest BCUT2D eigenvalue weighted by Crippen LogP contribution is -2.26. The highest BCUT2D eigenvalue weighted by molar-refractivity contribution is 5.25. The number of nitrogens with zero attached hydrogens (tertiary/aromatic N) is 2. The third-order valence-electron chi connectivity index (χ3n) is 3.91. The molecule has 0 saturated carbocycles. The molecule has 20 heavy (non-hydrogen) atoms. The van der Waals surface area contributed by atoms with Crippen molar-refractivity contribution < 1.29 is 4.52 Å². The monoisotopic (exact) mass is 271 g/mol. The molecule has 1 aliphatic rings. The highest BCUT2D eigenvalue weighted by Crippen LogP contribution is 2.20. The predicted octanol–water partition coefficient (Wildman–Crippen LogP) is 1.78. The maximum Gasteiger partial charge on any atom is 0.141 e. The molecule has 1 aromatic carbocycles. The smallest absolute Gasteiger partial charge is 0.141 e. The van der Waals surface area contributed by atoms with Crippen LogP contribution in [0.25, 0.3) is 0 Å². The van der Waals surface area contributed by atoms with E-state index in [4.69, 9.17) is 10.3 Å². The van der Waals surface area contributed by atoms with Crippen LogP contribution in [0.4, 0.5) is 0 Å². The Morgan fingerprint density at radius 3 is 2.75 bits per heavy atom. The van der Waals surface area contributed by atoms with Gasteiger partial charge in [-0.3, -0.25) is 4.90 Å². The Labute approximate surface area is 119 Å². The molecule has 106 valence electrons. The van der Waals surface area contributed by atoms with Crippen molar-refractivity contribution in [3.8, 4) is 0 Å². The molecule has 0 fully saturated rings. The highest BCUT2D eigenvalue weighted by Gasteiger charge is 2.20. The lowest BCUT2D eigenvalue weighted by atomic mass is 10.1. The first-order chi connectivity index (χ1) is 9.86. The first-order valence-corrected chi connectivity index (χ1v) is 7.29. The number of rotatable bonds is 4. The zero-order chi connectivity index (χ0) is 13.8. The van der Waals surface area contributed by atoms with Gasteiger partial charge in [0.2, 0.25) is 0 Å². The molecule has 0 saturated heterocycles. The summed E-state index contributed by atoms with van der Waals surface area (Å²) >= 11 is 0. The van der Waals surface area contributed by atoms with Gasteiger partial charge in [-0.1, -0.05) is 35.5 Å². The predicted molar refractivity (Wildman–Crippen MR) is 78.4 cm³/mol. The summed E-state index contributed by atoms with van der Waals surface area (Å²) in [6.07, 6.45) is 2.78. The van der Waals surface area contributed by atoms with E-state index in [-0.39, 0.29) is 0 Å². The van der Waals surface area contributed by atoms with Gasteiger partial charge in [0, 0.05) is 38.0 Å². The van der Waals surface area contributed by atoms with Crippen molar-refractivity contribution >= 4 is 0 Å². The Morgan fingerprint density at radius 2 is 1.95 bits per heavy atom. The fourth-order valence-electron chi connectivity index (χ4n) is 2.83. The van der Waals surface area contributed by atoms with Gasteiger partial charge in [-0.05, 0) is 18.5 Å². The summed E-state index contributed by atoms with van der Waals surface area (Å²) in [5.74, 6) is 0.990. The summed E-state index contributed by atoms with van der Waals surface area (Å²) in [5, 5.41) is 4.22. The van der Waals surface area contributed by atoms with Gasteiger partial charge < -0.3 is 10.3 Å². The van der Waals surface area contributed by atoms with Gasteiger partial charge >= 0.3 is 0 Å². The second-order valence-electron chi connectivity index (χ2n) is 5.33. The van der Waals surface area contributed by atoms with Crippen LogP contribution in [0.15, 0.2) is 34.9 Å². The van der Waals surface area contributed by atoms with Crippen LogP contribution in [-0.4, -0.2) is 29.7 Å². The van der Waals surface area contributed by atoms with E-state index in [1.807, 2.05) is 0 Å². The molecule has 0 amide bonds. The number of aromatic nitrogens is 1. The Hall–Kier alpha value is -1.65. The van der Waals surface area contributed by atoms with Crippen LogP contribution in [0.2, 0.25) is 0 Å². The molecule has 0 radical (unpaired) electrons. The summed E-state index contributed by atoms with van der Waals surface area (Å²) in [7, 11) is 0. The number of hydrogen-bond acceptors (Lipinski definition) is 4. The second-order valence-corrected chi connectivity index (χ2v) is 5.33. The van der Waals surface area contributed by atoms with Crippen molar-refractivity contribution in [1.29, 1.82) is 0 Å². The van der Waals surface area contributed by atoms with Crippen LogP contribution in [0.3, 0.4) is 0 Å². The van der Waals surface area contributed by atoms with Crippen molar-refractivity contribution in [3.63, 3.8) is 0 Å². The minimum Gasteiger partial charge on any atom is -0.361 e. The van der Waals surface area contributed by atoms with Gasteiger partial charge in [0.05, 0.1) is 5.69 Å². The Bertz CT molecular complexity index is 550. The van der Waals surface area contributed by atoms with Crippen molar-refractivity contribution in [1.82, 2.24) is 10.1 Å². The Kier molecular flexibility index (Phi) is 4.14. The van der Waals surface area contributed by atoms with Crippen LogP contribution in [0, 0.1) is 0 Å². The number of hydrogen-bond donors (Lipinski definition) is 1.